The van der Waals surface area contributed by atoms with Crippen LogP contribution in [0, 0.1) is 5.41 Å². The molecule has 0 fully saturated rings. The van der Waals surface area contributed by atoms with Crippen LogP contribution in [-0.2, 0) is 27.1 Å². The molecule has 5 aromatic carbocycles. The van der Waals surface area contributed by atoms with Crippen molar-refractivity contribution in [2.75, 3.05) is 4.90 Å². The van der Waals surface area contributed by atoms with Crippen LogP contribution in [-0.4, -0.2) is 0 Å². The summed E-state index contributed by atoms with van der Waals surface area (Å²) in [5.41, 5.74) is 25.6. The van der Waals surface area contributed by atoms with Gasteiger partial charge in [0.1, 0.15) is 0 Å². The second-order valence-corrected chi connectivity index (χ2v) is 24.1. The Hall–Kier alpha value is -4.88. The van der Waals surface area contributed by atoms with Gasteiger partial charge in [-0.25, -0.2) is 0 Å². The molecule has 4 aliphatic carbocycles. The quantitative estimate of drug-likeness (QED) is 0.175. The van der Waals surface area contributed by atoms with Crippen LogP contribution < -0.4 is 4.90 Å². The Morgan fingerprint density at radius 1 is 0.516 bits per heavy atom. The molecule has 62 heavy (non-hydrogen) atoms. The molecule has 0 heterocycles. The monoisotopic (exact) mass is 818 g/mol. The lowest BCUT2D eigenvalue weighted by Crippen LogP contribution is -2.23. The maximum atomic E-state index is 2.73. The Morgan fingerprint density at radius 3 is 1.76 bits per heavy atom. The molecular formula is C61H71N. The summed E-state index contributed by atoms with van der Waals surface area (Å²) in [5.74, 6) is 0.451. The van der Waals surface area contributed by atoms with Crippen LogP contribution in [0.3, 0.4) is 0 Å². The highest BCUT2D eigenvalue weighted by atomic mass is 15.2. The number of hydrogen-bond acceptors (Lipinski definition) is 1. The number of allylic oxidation sites excluding steroid dienone is 5. The van der Waals surface area contributed by atoms with Crippen molar-refractivity contribution in [3.63, 3.8) is 0 Å². The standard InChI is InChI=1S/C61H71N/c1-36(2)37-22-26-44-47(30-37)60(14,15)50-32-39(57(6,7)8)24-29-52(54(44)50)62(41-25-28-43-42-20-18-19-21-46(42)59(12,13)49(43)35-41)53-34-40(58(9,10)11)33-51-55(53)45-27-23-38(56(3,4)5)31-48(45)61(51,16)17/h18-23,25-36H,24H2,1-17H3. The minimum atomic E-state index is -0.187. The van der Waals surface area contributed by atoms with E-state index in [0.717, 1.165) is 6.42 Å². The number of fused-ring (bicyclic) bond motifs is 8. The summed E-state index contributed by atoms with van der Waals surface area (Å²) in [7, 11) is 0. The Bertz CT molecular complexity index is 2800. The average molecular weight is 818 g/mol. The van der Waals surface area contributed by atoms with Gasteiger partial charge in [-0.15, -0.1) is 0 Å². The van der Waals surface area contributed by atoms with Gasteiger partial charge in [0, 0.05) is 33.1 Å². The Kier molecular flexibility index (Phi) is 9.28. The van der Waals surface area contributed by atoms with Crippen LogP contribution in [0.15, 0.2) is 120 Å². The lowest BCUT2D eigenvalue weighted by atomic mass is 9.77. The third-order valence-electron chi connectivity index (χ3n) is 15.4. The molecule has 0 atom stereocenters. The Morgan fingerprint density at radius 2 is 1.10 bits per heavy atom. The summed E-state index contributed by atoms with van der Waals surface area (Å²) in [5, 5.41) is 0. The van der Waals surface area contributed by atoms with Crippen molar-refractivity contribution in [2.45, 2.75) is 157 Å². The molecule has 0 aliphatic heterocycles. The molecule has 9 rings (SSSR count). The summed E-state index contributed by atoms with van der Waals surface area (Å²) >= 11 is 0. The first-order chi connectivity index (χ1) is 28.7. The fourth-order valence-corrected chi connectivity index (χ4v) is 11.2. The second kappa shape index (κ2) is 13.6. The van der Waals surface area contributed by atoms with Crippen LogP contribution in [0.25, 0.3) is 27.8 Å². The van der Waals surface area contributed by atoms with Crippen molar-refractivity contribution >= 4 is 16.9 Å². The topological polar surface area (TPSA) is 3.24 Å². The van der Waals surface area contributed by atoms with E-state index in [1.54, 1.807) is 0 Å². The zero-order valence-corrected chi connectivity index (χ0v) is 41.0. The largest absolute Gasteiger partial charge is 0.310 e. The molecule has 0 saturated heterocycles. The van der Waals surface area contributed by atoms with Gasteiger partial charge in [0.2, 0.25) is 0 Å². The maximum absolute atomic E-state index is 2.73. The molecule has 1 heteroatoms. The zero-order chi connectivity index (χ0) is 44.9. The SMILES string of the molecule is CC(C)c1ccc2c(c1)C(C)(C)C1=C2C(N(c2ccc3c(c2)C(C)(C)c2ccccc2-3)c2cc(C(C)(C)C)cc3c2-c2ccc(C(C)(C)C)cc2C3(C)C)=CCC(C(C)(C)C)=C1. The van der Waals surface area contributed by atoms with E-state index in [4.69, 9.17) is 0 Å². The van der Waals surface area contributed by atoms with Gasteiger partial charge >= 0.3 is 0 Å². The predicted octanol–water partition coefficient (Wildman–Crippen LogP) is 17.2. The first-order valence-corrected chi connectivity index (χ1v) is 23.4. The lowest BCUT2D eigenvalue weighted by molar-refractivity contribution is 0.491. The van der Waals surface area contributed by atoms with Gasteiger partial charge in [-0.1, -0.05) is 208 Å². The van der Waals surface area contributed by atoms with E-state index in [0.29, 0.717) is 5.92 Å². The van der Waals surface area contributed by atoms with E-state index >= 15 is 0 Å². The summed E-state index contributed by atoms with van der Waals surface area (Å²) < 4.78 is 0. The minimum Gasteiger partial charge on any atom is -0.310 e. The molecule has 4 aliphatic rings. The van der Waals surface area contributed by atoms with Crippen molar-refractivity contribution in [3.8, 4) is 22.3 Å². The fourth-order valence-electron chi connectivity index (χ4n) is 11.2. The fraction of sp³-hybridized carbons (Fsp3) is 0.410. The van der Waals surface area contributed by atoms with Crippen molar-refractivity contribution in [3.05, 3.63) is 170 Å². The Labute approximate surface area is 375 Å². The summed E-state index contributed by atoms with van der Waals surface area (Å²) in [6, 6.07) is 36.4. The molecule has 0 radical (unpaired) electrons. The van der Waals surface area contributed by atoms with Crippen LogP contribution in [0.2, 0.25) is 0 Å². The van der Waals surface area contributed by atoms with Gasteiger partial charge in [-0.3, -0.25) is 0 Å². The highest BCUT2D eigenvalue weighted by Crippen LogP contribution is 2.60. The maximum Gasteiger partial charge on any atom is 0.0546 e. The first kappa shape index (κ1) is 42.4. The van der Waals surface area contributed by atoms with E-state index in [2.05, 4.69) is 226 Å². The van der Waals surface area contributed by atoms with Gasteiger partial charge in [-0.05, 0) is 119 Å². The second-order valence-electron chi connectivity index (χ2n) is 24.1. The molecule has 0 spiro atoms. The van der Waals surface area contributed by atoms with Crippen LogP contribution in [0.4, 0.5) is 11.4 Å². The molecule has 0 aromatic heterocycles. The molecule has 0 bridgehead atoms. The van der Waals surface area contributed by atoms with Gasteiger partial charge in [0.05, 0.1) is 11.4 Å². The molecule has 0 amide bonds. The van der Waals surface area contributed by atoms with E-state index < -0.39 is 0 Å². The first-order valence-electron chi connectivity index (χ1n) is 23.4. The van der Waals surface area contributed by atoms with Crippen LogP contribution in [0.5, 0.6) is 0 Å². The van der Waals surface area contributed by atoms with Gasteiger partial charge in [0.25, 0.3) is 0 Å². The van der Waals surface area contributed by atoms with Gasteiger partial charge < -0.3 is 4.90 Å². The van der Waals surface area contributed by atoms with Crippen LogP contribution in [0.1, 0.15) is 180 Å². The lowest BCUT2D eigenvalue weighted by Gasteiger charge is -2.35. The Balaban J connectivity index is 1.41. The highest BCUT2D eigenvalue weighted by Gasteiger charge is 2.45. The minimum absolute atomic E-state index is 0.00727. The summed E-state index contributed by atoms with van der Waals surface area (Å²) in [6.07, 6.45) is 6.10. The van der Waals surface area contributed by atoms with E-state index in [1.807, 2.05) is 0 Å². The van der Waals surface area contributed by atoms with Gasteiger partial charge in [-0.2, -0.15) is 0 Å². The average Bonchev–Trinajstić information content (AvgIpc) is 3.55. The van der Waals surface area contributed by atoms with E-state index in [9.17, 15) is 0 Å². The molecule has 0 saturated carbocycles. The molecule has 0 N–H and O–H groups in total. The zero-order valence-electron chi connectivity index (χ0n) is 41.0. The van der Waals surface area contributed by atoms with Crippen molar-refractivity contribution in [1.29, 1.82) is 0 Å². The third kappa shape index (κ3) is 6.30. The number of nitrogens with zero attached hydrogens (tertiary/aromatic N) is 1. The highest BCUT2D eigenvalue weighted by molar-refractivity contribution is 6.01. The summed E-state index contributed by atoms with van der Waals surface area (Å²) in [4.78, 5) is 2.73. The molecular weight excluding hydrogens is 747 g/mol. The van der Waals surface area contributed by atoms with Gasteiger partial charge in [0.15, 0.2) is 0 Å². The molecule has 0 unspecified atom stereocenters. The van der Waals surface area contributed by atoms with E-state index in [1.165, 1.54) is 106 Å². The smallest absolute Gasteiger partial charge is 0.0546 e. The normalized spacial score (nSPS) is 18.0. The number of rotatable bonds is 4. The number of benzene rings is 5. The van der Waals surface area contributed by atoms with Crippen molar-refractivity contribution in [1.82, 2.24) is 0 Å². The molecule has 1 nitrogen and oxygen atoms in total. The van der Waals surface area contributed by atoms with Crippen molar-refractivity contribution < 1.29 is 0 Å². The predicted molar refractivity (Wildman–Crippen MR) is 268 cm³/mol. The summed E-state index contributed by atoms with van der Waals surface area (Å²) in [6.45, 7) is 40.7. The van der Waals surface area contributed by atoms with Crippen LogP contribution >= 0.6 is 0 Å². The molecule has 5 aromatic rings. The van der Waals surface area contributed by atoms with E-state index in [-0.39, 0.29) is 32.5 Å². The number of hydrogen-bond donors (Lipinski definition) is 0. The third-order valence-corrected chi connectivity index (χ3v) is 15.4. The number of anilines is 2. The molecule has 320 valence electrons. The van der Waals surface area contributed by atoms with Crippen molar-refractivity contribution in [2.24, 2.45) is 5.41 Å².